The van der Waals surface area contributed by atoms with E-state index in [1.54, 1.807) is 0 Å². The van der Waals surface area contributed by atoms with Crippen LogP contribution < -0.4 is 0 Å². The van der Waals surface area contributed by atoms with E-state index in [2.05, 4.69) is 166 Å². The van der Waals surface area contributed by atoms with Gasteiger partial charge in [0.2, 0.25) is 0 Å². The zero-order valence-corrected chi connectivity index (χ0v) is 30.0. The molecule has 1 fully saturated rings. The first-order chi connectivity index (χ1) is 15.0. The van der Waals surface area contributed by atoms with E-state index in [4.69, 9.17) is 0 Å². The van der Waals surface area contributed by atoms with Crippen molar-refractivity contribution in [3.05, 3.63) is 0 Å². The predicted octanol–water partition coefficient (Wildman–Crippen LogP) is 12.3. The van der Waals surface area contributed by atoms with Gasteiger partial charge < -0.3 is 0 Å². The maximum atomic E-state index is 2.59. The lowest BCUT2D eigenvalue weighted by Crippen LogP contribution is -2.70. The molecule has 0 aromatic heterocycles. The molecule has 0 aromatic rings. The van der Waals surface area contributed by atoms with Crippen molar-refractivity contribution in [2.24, 2.45) is 65.0 Å². The first-order valence-electron chi connectivity index (χ1n) is 15.0. The molecule has 0 aliphatic heterocycles. The van der Waals surface area contributed by atoms with E-state index < -0.39 is 0 Å². The van der Waals surface area contributed by atoms with Gasteiger partial charge in [0.25, 0.3) is 0 Å². The summed E-state index contributed by atoms with van der Waals surface area (Å²) in [6, 6.07) is 0. The van der Waals surface area contributed by atoms with Gasteiger partial charge in [0.1, 0.15) is 0 Å². The molecule has 36 heavy (non-hydrogen) atoms. The molecule has 0 nitrogen and oxygen atoms in total. The van der Waals surface area contributed by atoms with E-state index in [-0.39, 0.29) is 65.0 Å². The molecular formula is C36H72. The van der Waals surface area contributed by atoms with Crippen molar-refractivity contribution in [2.75, 3.05) is 0 Å². The predicted molar refractivity (Wildman–Crippen MR) is 165 cm³/mol. The second kappa shape index (κ2) is 7.80. The number of hydrogen-bond acceptors (Lipinski definition) is 0. The Hall–Kier alpha value is 0. The second-order valence-corrected chi connectivity index (χ2v) is 19.5. The van der Waals surface area contributed by atoms with Crippen LogP contribution in [-0.2, 0) is 0 Å². The van der Waals surface area contributed by atoms with Gasteiger partial charge in [0, 0.05) is 0 Å². The Bertz CT molecular complexity index is 534. The fourth-order valence-electron chi connectivity index (χ4n) is 9.38. The lowest BCUT2D eigenvalue weighted by Gasteiger charge is -2.76. The Morgan fingerprint density at radius 3 is 0.167 bits per heavy atom. The first kappa shape index (κ1) is 34.0. The third-order valence-electron chi connectivity index (χ3n) is 18.8. The average molecular weight is 505 g/mol. The van der Waals surface area contributed by atoms with Crippen molar-refractivity contribution in [2.45, 2.75) is 166 Å². The molecule has 0 radical (unpaired) electrons. The molecule has 216 valence electrons. The maximum Gasteiger partial charge on any atom is -0.0241 e. The zero-order chi connectivity index (χ0) is 30.0. The van der Waals surface area contributed by atoms with Crippen molar-refractivity contribution in [3.63, 3.8) is 0 Å². The number of hydrogen-bond donors (Lipinski definition) is 0. The van der Waals surface area contributed by atoms with Crippen LogP contribution in [0.2, 0.25) is 0 Å². The van der Waals surface area contributed by atoms with Gasteiger partial charge in [-0.2, -0.15) is 0 Å². The minimum absolute atomic E-state index is 0.0662. The lowest BCUT2D eigenvalue weighted by atomic mass is 9.28. The SMILES string of the molecule is CC1(C)C(C)(C)C(C)(C)C(C)(C)C(C)(C)C(C)(C)C(C)(C)C(C)(C)C(C)(C)C(C)(C)C(C)(C)C1(C)C. The van der Waals surface area contributed by atoms with Crippen LogP contribution in [0.25, 0.3) is 0 Å². The van der Waals surface area contributed by atoms with Gasteiger partial charge in [0.05, 0.1) is 0 Å². The fraction of sp³-hybridized carbons (Fsp3) is 1.00. The van der Waals surface area contributed by atoms with Crippen LogP contribution in [0.1, 0.15) is 166 Å². The van der Waals surface area contributed by atoms with Gasteiger partial charge in [-0.1, -0.05) is 166 Å². The van der Waals surface area contributed by atoms with E-state index in [9.17, 15) is 0 Å². The molecule has 0 unspecified atom stereocenters. The van der Waals surface area contributed by atoms with E-state index in [1.807, 2.05) is 0 Å². The summed E-state index contributed by atoms with van der Waals surface area (Å²) in [4.78, 5) is 0. The summed E-state index contributed by atoms with van der Waals surface area (Å²) in [7, 11) is 0. The lowest BCUT2D eigenvalue weighted by molar-refractivity contribution is -0.283. The molecule has 0 bridgehead atoms. The minimum atomic E-state index is 0.0662. The molecule has 0 N–H and O–H groups in total. The van der Waals surface area contributed by atoms with Crippen LogP contribution in [0.3, 0.4) is 0 Å². The third kappa shape index (κ3) is 3.17. The van der Waals surface area contributed by atoms with Gasteiger partial charge in [-0.25, -0.2) is 0 Å². The highest BCUT2D eigenvalue weighted by Gasteiger charge is 2.73. The summed E-state index contributed by atoms with van der Waals surface area (Å²) in [6.45, 7) is 62.2. The maximum absolute atomic E-state index is 2.59. The van der Waals surface area contributed by atoms with Gasteiger partial charge in [-0.3, -0.25) is 0 Å². The summed E-state index contributed by atoms with van der Waals surface area (Å²) in [5.41, 5.74) is 0.794. The van der Waals surface area contributed by atoms with Crippen molar-refractivity contribution in [3.8, 4) is 0 Å². The summed E-state index contributed by atoms with van der Waals surface area (Å²) < 4.78 is 0. The van der Waals surface area contributed by atoms with Crippen molar-refractivity contribution >= 4 is 0 Å². The van der Waals surface area contributed by atoms with E-state index in [0.717, 1.165) is 0 Å². The summed E-state index contributed by atoms with van der Waals surface area (Å²) in [6.07, 6.45) is 0. The highest BCUT2D eigenvalue weighted by atomic mass is 14.8. The molecule has 0 heterocycles. The smallest absolute Gasteiger partial charge is 0.0241 e. The Morgan fingerprint density at radius 1 is 0.111 bits per heavy atom. The van der Waals surface area contributed by atoms with E-state index >= 15 is 0 Å². The summed E-state index contributed by atoms with van der Waals surface area (Å²) in [5, 5.41) is 0. The number of rotatable bonds is 0. The monoisotopic (exact) mass is 505 g/mol. The highest BCUT2D eigenvalue weighted by Crippen LogP contribution is 2.79. The quantitative estimate of drug-likeness (QED) is 0.307. The molecule has 0 aromatic carbocycles. The van der Waals surface area contributed by atoms with Crippen LogP contribution in [0.15, 0.2) is 0 Å². The topological polar surface area (TPSA) is 0 Å². The molecule has 1 saturated carbocycles. The molecule has 0 heteroatoms. The molecule has 0 saturated heterocycles. The molecule has 0 atom stereocenters. The Balaban J connectivity index is 4.55. The third-order valence-corrected chi connectivity index (χ3v) is 18.8. The van der Waals surface area contributed by atoms with Crippen LogP contribution >= 0.6 is 0 Å². The van der Waals surface area contributed by atoms with Crippen molar-refractivity contribution in [1.29, 1.82) is 0 Å². The van der Waals surface area contributed by atoms with E-state index in [0.29, 0.717) is 0 Å². The van der Waals surface area contributed by atoms with Gasteiger partial charge >= 0.3 is 0 Å². The van der Waals surface area contributed by atoms with Gasteiger partial charge in [-0.15, -0.1) is 0 Å². The minimum Gasteiger partial charge on any atom is -0.0588 e. The van der Waals surface area contributed by atoms with Crippen LogP contribution in [0, 0.1) is 65.0 Å². The zero-order valence-electron chi connectivity index (χ0n) is 30.0. The molecule has 1 aliphatic carbocycles. The molecule has 0 amide bonds. The van der Waals surface area contributed by atoms with E-state index in [1.165, 1.54) is 0 Å². The highest BCUT2D eigenvalue weighted by molar-refractivity contribution is 5.21. The average Bonchev–Trinajstić information content (AvgIpc) is 2.65. The molecule has 1 aliphatic rings. The molecule has 0 spiro atoms. The van der Waals surface area contributed by atoms with Crippen LogP contribution in [0.5, 0.6) is 0 Å². The van der Waals surface area contributed by atoms with Gasteiger partial charge in [-0.05, 0) is 65.0 Å². The summed E-state index contributed by atoms with van der Waals surface area (Å²) >= 11 is 0. The Kier molecular flexibility index (Phi) is 7.38. The normalized spacial score (nSPS) is 34.0. The fourth-order valence-corrected chi connectivity index (χ4v) is 9.38. The van der Waals surface area contributed by atoms with Crippen molar-refractivity contribution < 1.29 is 0 Å². The Morgan fingerprint density at radius 2 is 0.139 bits per heavy atom. The summed E-state index contributed by atoms with van der Waals surface area (Å²) in [5.74, 6) is 0. The van der Waals surface area contributed by atoms with Crippen molar-refractivity contribution in [1.82, 2.24) is 0 Å². The molecule has 1 rings (SSSR count). The van der Waals surface area contributed by atoms with Crippen LogP contribution in [0.4, 0.5) is 0 Å². The Labute approximate surface area is 231 Å². The van der Waals surface area contributed by atoms with Crippen LogP contribution in [-0.4, -0.2) is 0 Å². The van der Waals surface area contributed by atoms with Gasteiger partial charge in [0.15, 0.2) is 0 Å². The standard InChI is InChI=1S/C36H72/c1-25(2)26(3,4)28(7,8)30(11,12)32(15,16)34(19,20)36(23,24)35(21,22)33(17,18)31(13,14)29(9,10)27(25,5)6/h1-24H3. The molecular weight excluding hydrogens is 432 g/mol. The largest absolute Gasteiger partial charge is 0.0588 e. The first-order valence-corrected chi connectivity index (χ1v) is 15.0. The second-order valence-electron chi connectivity index (χ2n) is 19.5.